The van der Waals surface area contributed by atoms with Crippen LogP contribution >= 0.6 is 8.86 Å². The molecule has 1 aliphatic carbocycles. The average Bonchev–Trinajstić information content (AvgIpc) is 2.39. The minimum atomic E-state index is 0.741. The lowest BCUT2D eigenvalue weighted by molar-refractivity contribution is 0.231. The van der Waals surface area contributed by atoms with E-state index in [4.69, 9.17) is 10.7 Å². The third-order valence-electron chi connectivity index (χ3n) is 2.27. The Morgan fingerprint density at radius 1 is 1.57 bits per heavy atom. The number of nitrogens with two attached hydrogens (primary N) is 1. The summed E-state index contributed by atoms with van der Waals surface area (Å²) in [7, 11) is 3.59. The summed E-state index contributed by atoms with van der Waals surface area (Å²) in [6, 6.07) is 0. The molecule has 1 aliphatic rings. The van der Waals surface area contributed by atoms with Crippen molar-refractivity contribution in [3.63, 3.8) is 0 Å². The van der Waals surface area contributed by atoms with Gasteiger partial charge in [-0.3, -0.25) is 0 Å². The molecule has 0 unspecified atom stereocenters. The van der Waals surface area contributed by atoms with Crippen LogP contribution in [0, 0.1) is 0 Å². The quantitative estimate of drug-likeness (QED) is 0.573. The fourth-order valence-electron chi connectivity index (χ4n) is 1.34. The van der Waals surface area contributed by atoms with E-state index < -0.39 is 0 Å². The first-order valence-electron chi connectivity index (χ1n) is 4.71. The van der Waals surface area contributed by atoms with Crippen molar-refractivity contribution < 1.29 is 4.84 Å². The predicted octanol–water partition coefficient (Wildman–Crippen LogP) is 2.76. The molecule has 0 radical (unpaired) electrons. The molecular formula is C11H16NOP. The van der Waals surface area contributed by atoms with E-state index in [9.17, 15) is 0 Å². The Kier molecular flexibility index (Phi) is 4.12. The van der Waals surface area contributed by atoms with Gasteiger partial charge < -0.3 is 4.84 Å². The highest BCUT2D eigenvalue weighted by molar-refractivity contribution is 7.22. The standard InChI is InChI=1S/C11H16NOP/c1-3-11(14)9-6-4-8(2)5-7-10(9)13-12/h4-5,7,14H,3,6,12H2,1-2H3. The van der Waals surface area contributed by atoms with Gasteiger partial charge in [0.1, 0.15) is 0 Å². The fourth-order valence-corrected chi connectivity index (χ4v) is 1.56. The van der Waals surface area contributed by atoms with E-state index in [2.05, 4.69) is 28.8 Å². The molecule has 0 heterocycles. The van der Waals surface area contributed by atoms with E-state index in [1.54, 1.807) is 0 Å². The van der Waals surface area contributed by atoms with Crippen molar-refractivity contribution in [3.8, 4) is 0 Å². The monoisotopic (exact) mass is 209 g/mol. The van der Waals surface area contributed by atoms with Gasteiger partial charge in [0, 0.05) is 5.57 Å². The minimum Gasteiger partial charge on any atom is -0.411 e. The largest absolute Gasteiger partial charge is 0.411 e. The highest BCUT2D eigenvalue weighted by Gasteiger charge is 2.10. The topological polar surface area (TPSA) is 35.2 Å². The molecule has 0 fully saturated rings. The molecule has 0 aromatic heterocycles. The fraction of sp³-hybridized carbons (Fsp3) is 0.364. The van der Waals surface area contributed by atoms with Gasteiger partial charge in [0.05, 0.1) is 0 Å². The smallest absolute Gasteiger partial charge is 0.150 e. The van der Waals surface area contributed by atoms with Crippen LogP contribution in [0.3, 0.4) is 0 Å². The van der Waals surface area contributed by atoms with Gasteiger partial charge in [-0.05, 0) is 31.1 Å². The van der Waals surface area contributed by atoms with E-state index in [0.717, 1.165) is 29.5 Å². The van der Waals surface area contributed by atoms with Crippen molar-refractivity contribution in [2.45, 2.75) is 26.7 Å². The zero-order valence-corrected chi connectivity index (χ0v) is 9.63. The maximum absolute atomic E-state index is 5.23. The number of rotatable bonds is 3. The van der Waals surface area contributed by atoms with Crippen molar-refractivity contribution in [1.82, 2.24) is 0 Å². The van der Waals surface area contributed by atoms with Crippen molar-refractivity contribution in [2.75, 3.05) is 0 Å². The van der Waals surface area contributed by atoms with Crippen LogP contribution in [0.15, 0.2) is 35.1 Å². The lowest BCUT2D eigenvalue weighted by Gasteiger charge is -2.09. The van der Waals surface area contributed by atoms with Gasteiger partial charge in [0.25, 0.3) is 0 Å². The molecule has 14 heavy (non-hydrogen) atoms. The summed E-state index contributed by atoms with van der Waals surface area (Å²) in [5, 5.41) is 1.14. The lowest BCUT2D eigenvalue weighted by atomic mass is 10.1. The molecule has 3 heteroatoms. The summed E-state index contributed by atoms with van der Waals surface area (Å²) in [5.74, 6) is 5.97. The number of hydrogen-bond donors (Lipinski definition) is 1. The molecule has 0 atom stereocenters. The molecule has 0 saturated carbocycles. The second-order valence-electron chi connectivity index (χ2n) is 3.28. The first-order chi connectivity index (χ1) is 6.69. The summed E-state index contributed by atoms with van der Waals surface area (Å²) >= 11 is 0. The van der Waals surface area contributed by atoms with Gasteiger partial charge in [-0.15, -0.1) is 8.86 Å². The highest BCUT2D eigenvalue weighted by Crippen LogP contribution is 2.21. The highest BCUT2D eigenvalue weighted by atomic mass is 31.0. The van der Waals surface area contributed by atoms with Crippen LogP contribution in [0.2, 0.25) is 0 Å². The molecule has 0 saturated heterocycles. The van der Waals surface area contributed by atoms with Gasteiger partial charge in [-0.2, -0.15) is 5.90 Å². The van der Waals surface area contributed by atoms with Crippen LogP contribution in [0.4, 0.5) is 0 Å². The summed E-state index contributed by atoms with van der Waals surface area (Å²) < 4.78 is 0. The Bertz CT molecular complexity index is 326. The summed E-state index contributed by atoms with van der Waals surface area (Å²) in [6.45, 7) is 4.15. The van der Waals surface area contributed by atoms with Crippen LogP contribution in [-0.4, -0.2) is 5.29 Å². The summed E-state index contributed by atoms with van der Waals surface area (Å²) in [4.78, 5) is 4.86. The molecule has 1 rings (SSSR count). The van der Waals surface area contributed by atoms with Crippen LogP contribution < -0.4 is 5.90 Å². The zero-order chi connectivity index (χ0) is 10.6. The lowest BCUT2D eigenvalue weighted by Crippen LogP contribution is -2.06. The summed E-state index contributed by atoms with van der Waals surface area (Å²) in [5.41, 5.74) is 2.35. The Hall–Kier alpha value is -0.850. The van der Waals surface area contributed by atoms with Crippen molar-refractivity contribution >= 4 is 14.2 Å². The maximum atomic E-state index is 5.23. The molecule has 2 N–H and O–H groups in total. The SMILES string of the molecule is CCC(=P)C1=C(ON)C=CC(C)=CC1. The molecule has 0 spiro atoms. The normalized spacial score (nSPS) is 16.4. The van der Waals surface area contributed by atoms with Gasteiger partial charge in [-0.1, -0.05) is 24.6 Å². The molecule has 0 aromatic carbocycles. The van der Waals surface area contributed by atoms with E-state index >= 15 is 0 Å². The molecule has 0 aliphatic heterocycles. The molecular weight excluding hydrogens is 193 g/mol. The predicted molar refractivity (Wildman–Crippen MR) is 63.4 cm³/mol. The Labute approximate surface area is 87.3 Å². The van der Waals surface area contributed by atoms with Crippen molar-refractivity contribution in [1.29, 1.82) is 0 Å². The second kappa shape index (κ2) is 5.14. The van der Waals surface area contributed by atoms with Crippen molar-refractivity contribution in [2.24, 2.45) is 5.90 Å². The first kappa shape index (κ1) is 11.2. The third kappa shape index (κ3) is 2.57. The molecule has 0 amide bonds. The van der Waals surface area contributed by atoms with Crippen LogP contribution in [-0.2, 0) is 4.84 Å². The molecule has 76 valence electrons. The Balaban J connectivity index is 3.02. The maximum Gasteiger partial charge on any atom is 0.150 e. The van der Waals surface area contributed by atoms with Gasteiger partial charge >= 0.3 is 0 Å². The van der Waals surface area contributed by atoms with E-state index in [1.807, 2.05) is 12.2 Å². The molecule has 0 aromatic rings. The van der Waals surface area contributed by atoms with Crippen LogP contribution in [0.5, 0.6) is 0 Å². The minimum absolute atomic E-state index is 0.741. The van der Waals surface area contributed by atoms with E-state index in [-0.39, 0.29) is 0 Å². The first-order valence-corrected chi connectivity index (χ1v) is 5.21. The Morgan fingerprint density at radius 2 is 2.29 bits per heavy atom. The Morgan fingerprint density at radius 3 is 2.86 bits per heavy atom. The molecule has 0 bridgehead atoms. The summed E-state index contributed by atoms with van der Waals surface area (Å²) in [6.07, 6.45) is 7.87. The second-order valence-corrected chi connectivity index (χ2v) is 3.88. The zero-order valence-electron chi connectivity index (χ0n) is 8.63. The van der Waals surface area contributed by atoms with Gasteiger partial charge in [-0.25, -0.2) is 0 Å². The van der Waals surface area contributed by atoms with Crippen molar-refractivity contribution in [3.05, 3.63) is 35.1 Å². The number of allylic oxidation sites excluding steroid dienone is 5. The van der Waals surface area contributed by atoms with E-state index in [0.29, 0.717) is 0 Å². The number of hydrogen-bond acceptors (Lipinski definition) is 2. The van der Waals surface area contributed by atoms with Crippen LogP contribution in [0.1, 0.15) is 26.7 Å². The van der Waals surface area contributed by atoms with Crippen LogP contribution in [0.25, 0.3) is 0 Å². The van der Waals surface area contributed by atoms with Gasteiger partial charge in [0.15, 0.2) is 5.76 Å². The molecule has 2 nitrogen and oxygen atoms in total. The van der Waals surface area contributed by atoms with E-state index in [1.165, 1.54) is 5.57 Å². The third-order valence-corrected chi connectivity index (χ3v) is 2.92. The average molecular weight is 209 g/mol. The van der Waals surface area contributed by atoms with Gasteiger partial charge in [0.2, 0.25) is 0 Å².